The lowest BCUT2D eigenvalue weighted by Gasteiger charge is -2.18. The number of aryl methyl sites for hydroxylation is 2. The first kappa shape index (κ1) is 12.9. The van der Waals surface area contributed by atoms with E-state index in [1.54, 1.807) is 0 Å². The van der Waals surface area contributed by atoms with Crippen LogP contribution in [0, 0.1) is 20.8 Å². The molecule has 0 atom stereocenters. The maximum atomic E-state index is 2.26. The minimum Gasteiger partial charge on any atom is -0.0619 e. The second-order valence-electron chi connectivity index (χ2n) is 5.44. The lowest BCUT2D eigenvalue weighted by atomic mass is 9.87. The number of benzene rings is 2. The Bertz CT molecular complexity index is 562. The summed E-state index contributed by atoms with van der Waals surface area (Å²) in [6.07, 6.45) is 0. The zero-order chi connectivity index (χ0) is 13.3. The SMILES string of the molecule is Cc1ccc(C)c(-c2ccccc2C(C)C)c1C. The summed E-state index contributed by atoms with van der Waals surface area (Å²) in [6, 6.07) is 13.2. The van der Waals surface area contributed by atoms with Crippen molar-refractivity contribution in [1.82, 2.24) is 0 Å². The summed E-state index contributed by atoms with van der Waals surface area (Å²) in [4.78, 5) is 0. The van der Waals surface area contributed by atoms with E-state index in [1.807, 2.05) is 0 Å². The van der Waals surface area contributed by atoms with Crippen LogP contribution in [0.15, 0.2) is 36.4 Å². The van der Waals surface area contributed by atoms with Gasteiger partial charge >= 0.3 is 0 Å². The van der Waals surface area contributed by atoms with Crippen molar-refractivity contribution < 1.29 is 0 Å². The molecule has 0 N–H and O–H groups in total. The Morgan fingerprint density at radius 3 is 2.06 bits per heavy atom. The van der Waals surface area contributed by atoms with E-state index in [9.17, 15) is 0 Å². The van der Waals surface area contributed by atoms with Gasteiger partial charge in [0.15, 0.2) is 0 Å². The van der Waals surface area contributed by atoms with Gasteiger partial charge < -0.3 is 0 Å². The lowest BCUT2D eigenvalue weighted by Crippen LogP contribution is -1.97. The largest absolute Gasteiger partial charge is 0.0619 e. The Balaban J connectivity index is 2.73. The van der Waals surface area contributed by atoms with Gasteiger partial charge in [-0.2, -0.15) is 0 Å². The van der Waals surface area contributed by atoms with Gasteiger partial charge in [-0.1, -0.05) is 50.2 Å². The van der Waals surface area contributed by atoms with E-state index in [4.69, 9.17) is 0 Å². The third-order valence-corrected chi connectivity index (χ3v) is 3.80. The predicted octanol–water partition coefficient (Wildman–Crippen LogP) is 5.40. The summed E-state index contributed by atoms with van der Waals surface area (Å²) in [6.45, 7) is 11.2. The highest BCUT2D eigenvalue weighted by Gasteiger charge is 2.12. The normalized spacial score (nSPS) is 11.0. The molecule has 0 heterocycles. The van der Waals surface area contributed by atoms with Gasteiger partial charge in [0.05, 0.1) is 0 Å². The third kappa shape index (κ3) is 2.20. The summed E-state index contributed by atoms with van der Waals surface area (Å²) in [5.74, 6) is 0.556. The minimum atomic E-state index is 0.556. The van der Waals surface area contributed by atoms with Crippen molar-refractivity contribution >= 4 is 0 Å². The highest BCUT2D eigenvalue weighted by molar-refractivity contribution is 5.75. The maximum absolute atomic E-state index is 2.26. The lowest BCUT2D eigenvalue weighted by molar-refractivity contribution is 0.868. The van der Waals surface area contributed by atoms with E-state index in [1.165, 1.54) is 33.4 Å². The van der Waals surface area contributed by atoms with E-state index >= 15 is 0 Å². The van der Waals surface area contributed by atoms with Gasteiger partial charge in [-0.3, -0.25) is 0 Å². The van der Waals surface area contributed by atoms with Crippen molar-refractivity contribution in [3.63, 3.8) is 0 Å². The van der Waals surface area contributed by atoms with Crippen LogP contribution in [-0.4, -0.2) is 0 Å². The highest BCUT2D eigenvalue weighted by Crippen LogP contribution is 2.34. The quantitative estimate of drug-likeness (QED) is 0.657. The molecule has 2 aromatic carbocycles. The third-order valence-electron chi connectivity index (χ3n) is 3.80. The molecule has 0 aliphatic carbocycles. The standard InChI is InChI=1S/C18H22/c1-12(2)16-8-6-7-9-17(16)18-14(4)11-10-13(3)15(18)5/h6-12H,1-5H3. The Morgan fingerprint density at radius 1 is 0.778 bits per heavy atom. The average Bonchev–Trinajstić information content (AvgIpc) is 2.35. The molecular weight excluding hydrogens is 216 g/mol. The van der Waals surface area contributed by atoms with Gasteiger partial charge in [-0.05, 0) is 60.1 Å². The fourth-order valence-corrected chi connectivity index (χ4v) is 2.59. The van der Waals surface area contributed by atoms with Gasteiger partial charge in [0.1, 0.15) is 0 Å². The highest BCUT2D eigenvalue weighted by atomic mass is 14.2. The van der Waals surface area contributed by atoms with Crippen LogP contribution in [-0.2, 0) is 0 Å². The molecule has 0 heteroatoms. The van der Waals surface area contributed by atoms with E-state index in [0.717, 1.165) is 0 Å². The smallest absolute Gasteiger partial charge is 0.0120 e. The van der Waals surface area contributed by atoms with Crippen molar-refractivity contribution in [3.05, 3.63) is 58.7 Å². The number of hydrogen-bond acceptors (Lipinski definition) is 0. The first-order chi connectivity index (χ1) is 8.52. The Morgan fingerprint density at radius 2 is 1.39 bits per heavy atom. The zero-order valence-corrected chi connectivity index (χ0v) is 12.0. The Kier molecular flexibility index (Phi) is 3.56. The van der Waals surface area contributed by atoms with Crippen LogP contribution in [0.5, 0.6) is 0 Å². The maximum Gasteiger partial charge on any atom is -0.0120 e. The van der Waals surface area contributed by atoms with E-state index < -0.39 is 0 Å². The summed E-state index contributed by atoms with van der Waals surface area (Å²) in [7, 11) is 0. The van der Waals surface area contributed by atoms with Gasteiger partial charge in [0.2, 0.25) is 0 Å². The topological polar surface area (TPSA) is 0 Å². The molecule has 0 spiro atoms. The van der Waals surface area contributed by atoms with E-state index in [0.29, 0.717) is 5.92 Å². The zero-order valence-electron chi connectivity index (χ0n) is 12.0. The summed E-state index contributed by atoms with van der Waals surface area (Å²) in [5, 5.41) is 0. The van der Waals surface area contributed by atoms with Crippen LogP contribution in [0.3, 0.4) is 0 Å². The molecule has 2 aromatic rings. The Labute approximate surface area is 111 Å². The Hall–Kier alpha value is -1.56. The molecule has 0 bridgehead atoms. The van der Waals surface area contributed by atoms with Crippen molar-refractivity contribution in [3.8, 4) is 11.1 Å². The fraction of sp³-hybridized carbons (Fsp3) is 0.333. The van der Waals surface area contributed by atoms with Crippen molar-refractivity contribution in [2.45, 2.75) is 40.5 Å². The van der Waals surface area contributed by atoms with Crippen LogP contribution in [0.1, 0.15) is 42.0 Å². The second-order valence-corrected chi connectivity index (χ2v) is 5.44. The van der Waals surface area contributed by atoms with Crippen LogP contribution < -0.4 is 0 Å². The first-order valence-corrected chi connectivity index (χ1v) is 6.68. The predicted molar refractivity (Wildman–Crippen MR) is 80.2 cm³/mol. The first-order valence-electron chi connectivity index (χ1n) is 6.68. The van der Waals surface area contributed by atoms with E-state index in [2.05, 4.69) is 71.0 Å². The summed E-state index contributed by atoms with van der Waals surface area (Å²) < 4.78 is 0. The molecule has 0 aromatic heterocycles. The molecule has 0 radical (unpaired) electrons. The molecule has 0 nitrogen and oxygen atoms in total. The van der Waals surface area contributed by atoms with Gasteiger partial charge in [-0.15, -0.1) is 0 Å². The van der Waals surface area contributed by atoms with Crippen LogP contribution in [0.4, 0.5) is 0 Å². The van der Waals surface area contributed by atoms with Crippen LogP contribution in [0.25, 0.3) is 11.1 Å². The van der Waals surface area contributed by atoms with E-state index in [-0.39, 0.29) is 0 Å². The fourth-order valence-electron chi connectivity index (χ4n) is 2.59. The second kappa shape index (κ2) is 4.97. The number of rotatable bonds is 2. The molecule has 0 saturated heterocycles. The summed E-state index contributed by atoms with van der Waals surface area (Å²) >= 11 is 0. The molecular formula is C18H22. The van der Waals surface area contributed by atoms with Gasteiger partial charge in [0, 0.05) is 0 Å². The van der Waals surface area contributed by atoms with Gasteiger partial charge in [0.25, 0.3) is 0 Å². The molecule has 2 rings (SSSR count). The minimum absolute atomic E-state index is 0.556. The van der Waals surface area contributed by atoms with Crippen LogP contribution in [0.2, 0.25) is 0 Å². The van der Waals surface area contributed by atoms with Crippen molar-refractivity contribution in [2.75, 3.05) is 0 Å². The molecule has 0 amide bonds. The monoisotopic (exact) mass is 238 g/mol. The molecule has 0 saturated carbocycles. The summed E-state index contributed by atoms with van der Waals surface area (Å²) in [5.41, 5.74) is 8.39. The molecule has 18 heavy (non-hydrogen) atoms. The molecule has 0 unspecified atom stereocenters. The van der Waals surface area contributed by atoms with Gasteiger partial charge in [-0.25, -0.2) is 0 Å². The molecule has 0 aliphatic rings. The van der Waals surface area contributed by atoms with Crippen molar-refractivity contribution in [1.29, 1.82) is 0 Å². The molecule has 94 valence electrons. The number of hydrogen-bond donors (Lipinski definition) is 0. The van der Waals surface area contributed by atoms with Crippen molar-refractivity contribution in [2.24, 2.45) is 0 Å². The molecule has 0 aliphatic heterocycles. The average molecular weight is 238 g/mol. The molecule has 0 fully saturated rings. The van der Waals surface area contributed by atoms with Crippen LogP contribution >= 0.6 is 0 Å².